The Labute approximate surface area is 222 Å². The SMILES string of the molecule is O=C(O)[C@@H]1CC2=C3C(=CC=CC3Cc3ccccc3)N=C2CN1C(=O)C(c1ccccc1)c1ccccc1. The molecule has 5 nitrogen and oxygen atoms in total. The van der Waals surface area contributed by atoms with Crippen LogP contribution in [0.1, 0.15) is 29.0 Å². The molecule has 5 heteroatoms. The van der Waals surface area contributed by atoms with Gasteiger partial charge in [0.05, 0.1) is 23.9 Å². The fourth-order valence-electron chi connectivity index (χ4n) is 5.86. The Kier molecular flexibility index (Phi) is 6.34. The van der Waals surface area contributed by atoms with Crippen LogP contribution in [0.4, 0.5) is 0 Å². The van der Waals surface area contributed by atoms with E-state index in [1.807, 2.05) is 91.0 Å². The van der Waals surface area contributed by atoms with Gasteiger partial charge in [-0.05, 0) is 40.3 Å². The number of fused-ring (bicyclic) bond motifs is 2. The van der Waals surface area contributed by atoms with Crippen molar-refractivity contribution in [2.24, 2.45) is 10.9 Å². The van der Waals surface area contributed by atoms with Gasteiger partial charge in [0.25, 0.3) is 0 Å². The average molecular weight is 501 g/mol. The molecule has 1 aliphatic carbocycles. The van der Waals surface area contributed by atoms with E-state index in [0.717, 1.165) is 40.1 Å². The summed E-state index contributed by atoms with van der Waals surface area (Å²) in [6.45, 7) is 0.181. The number of aliphatic carboxylic acids is 1. The maximum Gasteiger partial charge on any atom is 0.326 e. The number of amides is 1. The van der Waals surface area contributed by atoms with Crippen LogP contribution in [0.5, 0.6) is 0 Å². The second-order valence-corrected chi connectivity index (χ2v) is 9.96. The van der Waals surface area contributed by atoms with Crippen molar-refractivity contribution in [3.05, 3.63) is 143 Å². The predicted octanol–water partition coefficient (Wildman–Crippen LogP) is 5.57. The maximum atomic E-state index is 14.2. The lowest BCUT2D eigenvalue weighted by Crippen LogP contribution is -2.53. The first kappa shape index (κ1) is 23.9. The summed E-state index contributed by atoms with van der Waals surface area (Å²) in [4.78, 5) is 33.2. The Bertz CT molecular complexity index is 1450. The van der Waals surface area contributed by atoms with Gasteiger partial charge in [-0.3, -0.25) is 9.79 Å². The minimum Gasteiger partial charge on any atom is -0.480 e. The number of likely N-dealkylation sites (tertiary alicyclic amines) is 1. The molecule has 6 rings (SSSR count). The first-order chi connectivity index (χ1) is 18.6. The molecule has 2 heterocycles. The molecule has 1 fully saturated rings. The lowest BCUT2D eigenvalue weighted by Gasteiger charge is -2.37. The highest BCUT2D eigenvalue weighted by Crippen LogP contribution is 2.41. The number of aliphatic imine (C=N–C) groups is 1. The largest absolute Gasteiger partial charge is 0.480 e. The number of allylic oxidation sites excluding steroid dienone is 4. The fraction of sp³-hybridized carbons (Fsp3) is 0.182. The van der Waals surface area contributed by atoms with Crippen molar-refractivity contribution in [3.8, 4) is 0 Å². The predicted molar refractivity (Wildman–Crippen MR) is 148 cm³/mol. The molecule has 1 N–H and O–H groups in total. The molecule has 0 aromatic heterocycles. The van der Waals surface area contributed by atoms with Crippen LogP contribution in [0.2, 0.25) is 0 Å². The Hall–Kier alpha value is -4.51. The van der Waals surface area contributed by atoms with Gasteiger partial charge >= 0.3 is 5.97 Å². The van der Waals surface area contributed by atoms with Crippen molar-refractivity contribution in [3.63, 3.8) is 0 Å². The van der Waals surface area contributed by atoms with Crippen molar-refractivity contribution >= 4 is 17.6 Å². The highest BCUT2D eigenvalue weighted by molar-refractivity contribution is 6.10. The fourth-order valence-corrected chi connectivity index (χ4v) is 5.86. The quantitative estimate of drug-likeness (QED) is 0.481. The molecule has 1 saturated heterocycles. The van der Waals surface area contributed by atoms with Crippen LogP contribution in [0.3, 0.4) is 0 Å². The van der Waals surface area contributed by atoms with Crippen molar-refractivity contribution in [1.82, 2.24) is 4.90 Å². The van der Waals surface area contributed by atoms with Crippen LogP contribution >= 0.6 is 0 Å². The van der Waals surface area contributed by atoms with Crippen molar-refractivity contribution in [2.75, 3.05) is 6.54 Å². The Morgan fingerprint density at radius 1 is 0.895 bits per heavy atom. The van der Waals surface area contributed by atoms with Crippen LogP contribution in [0, 0.1) is 5.92 Å². The number of hydrogen-bond acceptors (Lipinski definition) is 3. The zero-order valence-electron chi connectivity index (χ0n) is 20.9. The second-order valence-electron chi connectivity index (χ2n) is 9.96. The molecule has 188 valence electrons. The molecule has 3 aromatic carbocycles. The van der Waals surface area contributed by atoms with Gasteiger partial charge in [0, 0.05) is 12.3 Å². The molecule has 0 saturated carbocycles. The van der Waals surface area contributed by atoms with Crippen LogP contribution in [-0.2, 0) is 16.0 Å². The number of hydrogen-bond donors (Lipinski definition) is 1. The lowest BCUT2D eigenvalue weighted by molar-refractivity contribution is -0.150. The summed E-state index contributed by atoms with van der Waals surface area (Å²) in [6.07, 6.45) is 7.27. The highest BCUT2D eigenvalue weighted by Gasteiger charge is 2.43. The van der Waals surface area contributed by atoms with E-state index in [1.165, 1.54) is 10.5 Å². The zero-order valence-corrected chi connectivity index (χ0v) is 20.9. The smallest absolute Gasteiger partial charge is 0.326 e. The lowest BCUT2D eigenvalue weighted by atomic mass is 9.81. The van der Waals surface area contributed by atoms with Crippen molar-refractivity contribution in [1.29, 1.82) is 0 Å². The third kappa shape index (κ3) is 4.41. The summed E-state index contributed by atoms with van der Waals surface area (Å²) in [5, 5.41) is 10.3. The molecule has 0 spiro atoms. The number of rotatable bonds is 6. The van der Waals surface area contributed by atoms with Crippen molar-refractivity contribution in [2.45, 2.75) is 24.8 Å². The van der Waals surface area contributed by atoms with Gasteiger partial charge < -0.3 is 10.0 Å². The van der Waals surface area contributed by atoms with E-state index >= 15 is 0 Å². The van der Waals surface area contributed by atoms with Gasteiger partial charge in [0.1, 0.15) is 6.04 Å². The molecule has 0 radical (unpaired) electrons. The Balaban J connectivity index is 1.36. The Morgan fingerprint density at radius 2 is 1.50 bits per heavy atom. The first-order valence-electron chi connectivity index (χ1n) is 13.0. The van der Waals surface area contributed by atoms with Gasteiger partial charge in [-0.2, -0.15) is 0 Å². The van der Waals surface area contributed by atoms with E-state index in [1.54, 1.807) is 0 Å². The normalized spacial score (nSPS) is 20.1. The molecule has 1 unspecified atom stereocenters. The average Bonchev–Trinajstić information content (AvgIpc) is 3.33. The summed E-state index contributed by atoms with van der Waals surface area (Å²) in [5.74, 6) is -1.69. The van der Waals surface area contributed by atoms with Gasteiger partial charge in [-0.1, -0.05) is 103 Å². The molecule has 2 aliphatic heterocycles. The number of carbonyl (C=O) groups excluding carboxylic acids is 1. The summed E-state index contributed by atoms with van der Waals surface area (Å²) in [5.41, 5.74) is 6.68. The van der Waals surface area contributed by atoms with E-state index in [0.29, 0.717) is 0 Å². The molecule has 2 atom stereocenters. The van der Waals surface area contributed by atoms with E-state index in [2.05, 4.69) is 18.2 Å². The first-order valence-corrected chi connectivity index (χ1v) is 13.0. The van der Waals surface area contributed by atoms with E-state index < -0.39 is 17.9 Å². The van der Waals surface area contributed by atoms with Crippen LogP contribution in [0.25, 0.3) is 0 Å². The standard InChI is InChI=1S/C33H28N2O3/c36-32(30(23-13-6-2-7-14-23)24-15-8-3-9-16-24)35-21-28-26(20-29(35)33(37)38)31-25(17-10-18-27(31)34-28)19-22-11-4-1-5-12-22/h1-18,25,29-30H,19-21H2,(H,37,38)/t25?,29-/m0/s1. The summed E-state index contributed by atoms with van der Waals surface area (Å²) in [6, 6.07) is 28.5. The summed E-state index contributed by atoms with van der Waals surface area (Å²) < 4.78 is 0. The number of carboxylic acids is 1. The third-order valence-electron chi connectivity index (χ3n) is 7.65. The van der Waals surface area contributed by atoms with Gasteiger partial charge in [0.15, 0.2) is 0 Å². The molecule has 3 aliphatic rings. The number of carbonyl (C=O) groups is 2. The number of nitrogens with zero attached hydrogens (tertiary/aromatic N) is 2. The monoisotopic (exact) mass is 500 g/mol. The summed E-state index contributed by atoms with van der Waals surface area (Å²) in [7, 11) is 0. The number of piperidine rings is 1. The molecule has 1 amide bonds. The number of carboxylic acid groups (broad SMARTS) is 1. The topological polar surface area (TPSA) is 70.0 Å². The molecular weight excluding hydrogens is 472 g/mol. The Morgan fingerprint density at radius 3 is 2.11 bits per heavy atom. The van der Waals surface area contributed by atoms with Crippen LogP contribution < -0.4 is 0 Å². The zero-order chi connectivity index (χ0) is 26.1. The highest BCUT2D eigenvalue weighted by atomic mass is 16.4. The van der Waals surface area contributed by atoms with Gasteiger partial charge in [-0.25, -0.2) is 4.79 Å². The van der Waals surface area contributed by atoms with E-state index in [-0.39, 0.29) is 24.8 Å². The molecule has 38 heavy (non-hydrogen) atoms. The summed E-state index contributed by atoms with van der Waals surface area (Å²) >= 11 is 0. The minimum atomic E-state index is -0.992. The molecule has 0 bridgehead atoms. The van der Waals surface area contributed by atoms with Crippen LogP contribution in [-0.4, -0.2) is 40.2 Å². The van der Waals surface area contributed by atoms with Crippen LogP contribution in [0.15, 0.2) is 131 Å². The maximum absolute atomic E-state index is 14.2. The van der Waals surface area contributed by atoms with Gasteiger partial charge in [0.2, 0.25) is 5.91 Å². The van der Waals surface area contributed by atoms with Crippen molar-refractivity contribution < 1.29 is 14.7 Å². The molecular formula is C33H28N2O3. The van der Waals surface area contributed by atoms with Gasteiger partial charge in [-0.15, -0.1) is 0 Å². The molecule has 3 aromatic rings. The van der Waals surface area contributed by atoms with E-state index in [9.17, 15) is 14.7 Å². The second kappa shape index (κ2) is 10.1. The van der Waals surface area contributed by atoms with E-state index in [4.69, 9.17) is 4.99 Å². The minimum absolute atomic E-state index is 0.117. The third-order valence-corrected chi connectivity index (χ3v) is 7.65. The number of benzene rings is 3.